The van der Waals surface area contributed by atoms with E-state index in [1.165, 1.54) is 4.90 Å². The second-order valence-corrected chi connectivity index (χ2v) is 9.24. The molecule has 3 rings (SSSR count). The van der Waals surface area contributed by atoms with E-state index in [0.29, 0.717) is 19.3 Å². The molecule has 0 aromatic carbocycles. The van der Waals surface area contributed by atoms with Gasteiger partial charge in [-0.25, -0.2) is 8.42 Å². The Labute approximate surface area is 131 Å². The number of amides is 2. The van der Waals surface area contributed by atoms with Crippen LogP contribution in [0.25, 0.3) is 0 Å². The molecular formula is C15H24N2O4S. The maximum atomic E-state index is 12.7. The van der Waals surface area contributed by atoms with Gasteiger partial charge in [0.25, 0.3) is 0 Å². The normalized spacial score (nSPS) is 29.2. The van der Waals surface area contributed by atoms with Gasteiger partial charge in [0.1, 0.15) is 5.41 Å². The predicted molar refractivity (Wildman–Crippen MR) is 81.9 cm³/mol. The number of nitrogens with one attached hydrogen (secondary N) is 1. The number of hydrogen-bond donors (Lipinski definition) is 1. The van der Waals surface area contributed by atoms with Crippen LogP contribution in [0.5, 0.6) is 0 Å². The van der Waals surface area contributed by atoms with Crippen LogP contribution in [-0.4, -0.2) is 55.8 Å². The van der Waals surface area contributed by atoms with Gasteiger partial charge in [0.2, 0.25) is 11.8 Å². The molecule has 0 spiro atoms. The van der Waals surface area contributed by atoms with Crippen molar-refractivity contribution in [2.24, 2.45) is 5.41 Å². The average molecular weight is 328 g/mol. The van der Waals surface area contributed by atoms with Gasteiger partial charge in [-0.1, -0.05) is 12.8 Å². The quantitative estimate of drug-likeness (QED) is 0.761. The Hall–Kier alpha value is -1.11. The third-order valence-corrected chi connectivity index (χ3v) is 7.11. The summed E-state index contributed by atoms with van der Waals surface area (Å²) in [6, 6.07) is -0.0794. The number of rotatable bonds is 4. The van der Waals surface area contributed by atoms with Crippen molar-refractivity contribution in [3.8, 4) is 0 Å². The number of nitrogens with zero attached hydrogens (tertiary/aromatic N) is 1. The van der Waals surface area contributed by atoms with Gasteiger partial charge in [0, 0.05) is 19.1 Å². The number of carbonyl (C=O) groups is 2. The first-order chi connectivity index (χ1) is 10.3. The smallest absolute Gasteiger partial charge is 0.238 e. The zero-order valence-corrected chi connectivity index (χ0v) is 13.8. The lowest BCUT2D eigenvalue weighted by molar-refractivity contribution is -0.144. The Bertz CT molecular complexity index is 576. The summed E-state index contributed by atoms with van der Waals surface area (Å²) in [5.74, 6) is -0.200. The summed E-state index contributed by atoms with van der Waals surface area (Å²) >= 11 is 0. The Balaban J connectivity index is 1.64. The van der Waals surface area contributed by atoms with Crippen molar-refractivity contribution in [3.05, 3.63) is 0 Å². The number of carbonyl (C=O) groups excluding carboxylic acids is 2. The van der Waals surface area contributed by atoms with Crippen molar-refractivity contribution in [1.82, 2.24) is 10.2 Å². The van der Waals surface area contributed by atoms with Crippen LogP contribution in [-0.2, 0) is 19.4 Å². The number of sulfone groups is 1. The SMILES string of the molecule is CN(C(=O)C1(C(=O)NC2CCCC2)CC1)C1CCS(=O)(=O)C1. The fourth-order valence-corrected chi connectivity index (χ4v) is 5.42. The highest BCUT2D eigenvalue weighted by molar-refractivity contribution is 7.91. The fraction of sp³-hybridized carbons (Fsp3) is 0.867. The number of hydrogen-bond acceptors (Lipinski definition) is 4. The van der Waals surface area contributed by atoms with E-state index in [1.54, 1.807) is 7.05 Å². The molecule has 2 aliphatic carbocycles. The minimum Gasteiger partial charge on any atom is -0.352 e. The van der Waals surface area contributed by atoms with E-state index in [1.807, 2.05) is 0 Å². The maximum absolute atomic E-state index is 12.7. The average Bonchev–Trinajstić information content (AvgIpc) is 2.98. The second-order valence-electron chi connectivity index (χ2n) is 7.01. The van der Waals surface area contributed by atoms with Gasteiger partial charge in [-0.2, -0.15) is 0 Å². The van der Waals surface area contributed by atoms with Gasteiger partial charge in [0.05, 0.1) is 11.5 Å². The Kier molecular flexibility index (Phi) is 3.95. The van der Waals surface area contributed by atoms with E-state index in [2.05, 4.69) is 5.32 Å². The van der Waals surface area contributed by atoms with Gasteiger partial charge in [-0.05, 0) is 32.1 Å². The van der Waals surface area contributed by atoms with E-state index in [9.17, 15) is 18.0 Å². The van der Waals surface area contributed by atoms with Gasteiger partial charge in [0.15, 0.2) is 9.84 Å². The molecule has 0 radical (unpaired) electrons. The molecule has 6 nitrogen and oxygen atoms in total. The first-order valence-electron chi connectivity index (χ1n) is 8.13. The third kappa shape index (κ3) is 2.87. The van der Waals surface area contributed by atoms with Crippen molar-refractivity contribution in [2.45, 2.75) is 57.0 Å². The summed E-state index contributed by atoms with van der Waals surface area (Å²) in [6.07, 6.45) is 5.88. The molecule has 0 bridgehead atoms. The lowest BCUT2D eigenvalue weighted by Gasteiger charge is -2.28. The largest absolute Gasteiger partial charge is 0.352 e. The summed E-state index contributed by atoms with van der Waals surface area (Å²) in [4.78, 5) is 26.7. The molecule has 0 aromatic rings. The molecule has 2 saturated carbocycles. The highest BCUT2D eigenvalue weighted by Crippen LogP contribution is 2.48. The van der Waals surface area contributed by atoms with Gasteiger partial charge in [-0.3, -0.25) is 9.59 Å². The lowest BCUT2D eigenvalue weighted by atomic mass is 10.0. The van der Waals surface area contributed by atoms with Crippen LogP contribution in [0.3, 0.4) is 0 Å². The van der Waals surface area contributed by atoms with E-state index < -0.39 is 15.3 Å². The van der Waals surface area contributed by atoms with Crippen LogP contribution in [0.1, 0.15) is 44.9 Å². The van der Waals surface area contributed by atoms with E-state index in [4.69, 9.17) is 0 Å². The summed E-state index contributed by atoms with van der Waals surface area (Å²) < 4.78 is 23.2. The molecule has 7 heteroatoms. The van der Waals surface area contributed by atoms with E-state index in [-0.39, 0.29) is 35.4 Å². The zero-order chi connectivity index (χ0) is 16.0. The van der Waals surface area contributed by atoms with Crippen molar-refractivity contribution >= 4 is 21.7 Å². The lowest BCUT2D eigenvalue weighted by Crippen LogP contribution is -2.49. The maximum Gasteiger partial charge on any atom is 0.238 e. The molecule has 2 amide bonds. The molecule has 22 heavy (non-hydrogen) atoms. The third-order valence-electron chi connectivity index (χ3n) is 5.36. The summed E-state index contributed by atoms with van der Waals surface area (Å²) in [6.45, 7) is 0. The Morgan fingerprint density at radius 1 is 1.14 bits per heavy atom. The van der Waals surface area contributed by atoms with E-state index >= 15 is 0 Å². The molecule has 1 heterocycles. The van der Waals surface area contributed by atoms with Crippen LogP contribution >= 0.6 is 0 Å². The van der Waals surface area contributed by atoms with Crippen LogP contribution in [0.15, 0.2) is 0 Å². The molecule has 0 aromatic heterocycles. The molecule has 1 aliphatic heterocycles. The Morgan fingerprint density at radius 2 is 1.77 bits per heavy atom. The van der Waals surface area contributed by atoms with Crippen LogP contribution < -0.4 is 5.32 Å². The first kappa shape index (κ1) is 15.8. The standard InChI is InChI=1S/C15H24N2O4S/c1-17(12-6-9-22(20,21)10-12)14(19)15(7-8-15)13(18)16-11-4-2-3-5-11/h11-12H,2-10H2,1H3,(H,16,18). The molecule has 1 N–H and O–H groups in total. The molecule has 1 atom stereocenters. The van der Waals surface area contributed by atoms with Crippen molar-refractivity contribution in [3.63, 3.8) is 0 Å². The Morgan fingerprint density at radius 3 is 2.27 bits per heavy atom. The van der Waals surface area contributed by atoms with E-state index in [0.717, 1.165) is 25.7 Å². The van der Waals surface area contributed by atoms with Crippen LogP contribution in [0.4, 0.5) is 0 Å². The minimum atomic E-state index is -3.03. The van der Waals surface area contributed by atoms with Gasteiger partial charge >= 0.3 is 0 Å². The van der Waals surface area contributed by atoms with Crippen LogP contribution in [0.2, 0.25) is 0 Å². The first-order valence-corrected chi connectivity index (χ1v) is 9.95. The highest BCUT2D eigenvalue weighted by Gasteiger charge is 2.58. The highest BCUT2D eigenvalue weighted by atomic mass is 32.2. The molecular weight excluding hydrogens is 304 g/mol. The topological polar surface area (TPSA) is 83.6 Å². The van der Waals surface area contributed by atoms with Crippen LogP contribution in [0, 0.1) is 5.41 Å². The molecule has 124 valence electrons. The zero-order valence-electron chi connectivity index (χ0n) is 13.0. The van der Waals surface area contributed by atoms with Crippen molar-refractivity contribution in [2.75, 3.05) is 18.6 Å². The molecule has 3 fully saturated rings. The summed E-state index contributed by atoms with van der Waals surface area (Å²) in [7, 11) is -1.40. The monoisotopic (exact) mass is 328 g/mol. The summed E-state index contributed by atoms with van der Waals surface area (Å²) in [5.41, 5.74) is -0.927. The fourth-order valence-electron chi connectivity index (χ4n) is 3.64. The molecule has 1 unspecified atom stereocenters. The molecule has 3 aliphatic rings. The minimum absolute atomic E-state index is 0.0234. The van der Waals surface area contributed by atoms with Crippen molar-refractivity contribution < 1.29 is 18.0 Å². The van der Waals surface area contributed by atoms with Crippen molar-refractivity contribution in [1.29, 1.82) is 0 Å². The molecule has 1 saturated heterocycles. The summed E-state index contributed by atoms with van der Waals surface area (Å²) in [5, 5.41) is 3.02. The van der Waals surface area contributed by atoms with Gasteiger partial charge in [-0.15, -0.1) is 0 Å². The van der Waals surface area contributed by atoms with Gasteiger partial charge < -0.3 is 10.2 Å². The second kappa shape index (κ2) is 5.51. The predicted octanol–water partition coefficient (Wildman–Crippen LogP) is 0.471.